The lowest BCUT2D eigenvalue weighted by Crippen LogP contribution is -2.49. The quantitative estimate of drug-likeness (QED) is 0.691. The molecule has 4 rings (SSSR count). The molecule has 1 amide bonds. The van der Waals surface area contributed by atoms with Gasteiger partial charge < -0.3 is 9.80 Å². The summed E-state index contributed by atoms with van der Waals surface area (Å²) in [5.74, 6) is 0.547. The van der Waals surface area contributed by atoms with Crippen LogP contribution in [0, 0.1) is 0 Å². The van der Waals surface area contributed by atoms with E-state index in [1.165, 1.54) is 6.07 Å². The third kappa shape index (κ3) is 3.64. The Hall–Kier alpha value is -3.10. The Balaban J connectivity index is 1.39. The lowest BCUT2D eigenvalue weighted by molar-refractivity contribution is -0.138. The number of rotatable bonds is 3. The number of benzene rings is 1. The highest BCUT2D eigenvalue weighted by Crippen LogP contribution is 2.29. The second-order valence-electron chi connectivity index (χ2n) is 6.67. The van der Waals surface area contributed by atoms with Gasteiger partial charge in [-0.15, -0.1) is 10.2 Å². The lowest BCUT2D eigenvalue weighted by atomic mass is 10.1. The highest BCUT2D eigenvalue weighted by molar-refractivity contribution is 5.79. The van der Waals surface area contributed by atoms with Crippen LogP contribution in [0.1, 0.15) is 11.1 Å². The van der Waals surface area contributed by atoms with Gasteiger partial charge in [0.25, 0.3) is 0 Å². The van der Waals surface area contributed by atoms with Crippen molar-refractivity contribution in [2.45, 2.75) is 12.6 Å². The molecule has 1 aromatic carbocycles. The average molecular weight is 389 g/mol. The van der Waals surface area contributed by atoms with Crippen LogP contribution in [0.25, 0.3) is 5.65 Å². The first-order valence-electron chi connectivity index (χ1n) is 8.90. The summed E-state index contributed by atoms with van der Waals surface area (Å²) >= 11 is 0. The van der Waals surface area contributed by atoms with Crippen LogP contribution in [0.4, 0.5) is 19.1 Å². The Morgan fingerprint density at radius 2 is 1.79 bits per heavy atom. The summed E-state index contributed by atoms with van der Waals surface area (Å²) in [6.07, 6.45) is -2.57. The van der Waals surface area contributed by atoms with Crippen molar-refractivity contribution in [3.05, 3.63) is 59.8 Å². The van der Waals surface area contributed by atoms with Crippen molar-refractivity contribution < 1.29 is 18.0 Å². The number of hydrogen-bond acceptors (Lipinski definition) is 4. The van der Waals surface area contributed by atoms with Crippen LogP contribution >= 0.6 is 0 Å². The molecule has 1 aliphatic heterocycles. The minimum absolute atomic E-state index is 0.0439. The second-order valence-corrected chi connectivity index (χ2v) is 6.67. The van der Waals surface area contributed by atoms with Gasteiger partial charge in [0, 0.05) is 32.4 Å². The SMILES string of the molecule is O=C(Cc1cccc(C(F)(F)F)c1)N1CCN(c2nnc3ccccn23)CC1. The van der Waals surface area contributed by atoms with E-state index in [0.717, 1.165) is 23.7 Å². The molecule has 146 valence electrons. The Morgan fingerprint density at radius 3 is 2.54 bits per heavy atom. The maximum atomic E-state index is 12.8. The van der Waals surface area contributed by atoms with E-state index in [1.54, 1.807) is 11.0 Å². The monoisotopic (exact) mass is 389 g/mol. The average Bonchev–Trinajstić information content (AvgIpc) is 3.12. The topological polar surface area (TPSA) is 53.7 Å². The zero-order valence-corrected chi connectivity index (χ0v) is 14.9. The molecular weight excluding hydrogens is 371 g/mol. The normalized spacial score (nSPS) is 15.2. The van der Waals surface area contributed by atoms with Gasteiger partial charge in [0.05, 0.1) is 12.0 Å². The summed E-state index contributed by atoms with van der Waals surface area (Å²) in [4.78, 5) is 16.3. The van der Waals surface area contributed by atoms with Gasteiger partial charge in [-0.05, 0) is 23.8 Å². The van der Waals surface area contributed by atoms with Crippen LogP contribution in [0.15, 0.2) is 48.7 Å². The molecule has 0 spiro atoms. The lowest BCUT2D eigenvalue weighted by Gasteiger charge is -2.34. The van der Waals surface area contributed by atoms with Crippen molar-refractivity contribution in [3.8, 4) is 0 Å². The number of carbonyl (C=O) groups excluding carboxylic acids is 1. The Labute approximate surface area is 159 Å². The van der Waals surface area contributed by atoms with Gasteiger partial charge in [-0.25, -0.2) is 0 Å². The van der Waals surface area contributed by atoms with Crippen molar-refractivity contribution in [2.75, 3.05) is 31.1 Å². The summed E-state index contributed by atoms with van der Waals surface area (Å²) in [5.41, 5.74) is 0.382. The number of piperazine rings is 1. The number of pyridine rings is 1. The number of alkyl halides is 3. The molecule has 3 heterocycles. The van der Waals surface area contributed by atoms with Gasteiger partial charge in [0.2, 0.25) is 11.9 Å². The van der Waals surface area contributed by atoms with Gasteiger partial charge in [0.15, 0.2) is 5.65 Å². The van der Waals surface area contributed by atoms with Crippen LogP contribution in [0.2, 0.25) is 0 Å². The molecule has 0 bridgehead atoms. The van der Waals surface area contributed by atoms with E-state index in [0.29, 0.717) is 31.7 Å². The highest BCUT2D eigenvalue weighted by Gasteiger charge is 2.31. The molecule has 0 aliphatic carbocycles. The molecular formula is C19H18F3N5O. The third-order valence-corrected chi connectivity index (χ3v) is 4.82. The van der Waals surface area contributed by atoms with Crippen LogP contribution in [0.3, 0.4) is 0 Å². The van der Waals surface area contributed by atoms with Gasteiger partial charge >= 0.3 is 6.18 Å². The van der Waals surface area contributed by atoms with E-state index in [9.17, 15) is 18.0 Å². The Morgan fingerprint density at radius 1 is 1.00 bits per heavy atom. The summed E-state index contributed by atoms with van der Waals surface area (Å²) in [7, 11) is 0. The fourth-order valence-corrected chi connectivity index (χ4v) is 3.34. The molecule has 0 atom stereocenters. The van der Waals surface area contributed by atoms with Crippen molar-refractivity contribution in [1.29, 1.82) is 0 Å². The summed E-state index contributed by atoms with van der Waals surface area (Å²) in [6.45, 7) is 2.15. The minimum atomic E-state index is -4.41. The molecule has 6 nitrogen and oxygen atoms in total. The largest absolute Gasteiger partial charge is 0.416 e. The number of halogens is 3. The van der Waals surface area contributed by atoms with Gasteiger partial charge in [-0.3, -0.25) is 9.20 Å². The number of carbonyl (C=O) groups is 1. The maximum absolute atomic E-state index is 12.8. The van der Waals surface area contributed by atoms with Crippen molar-refractivity contribution in [2.24, 2.45) is 0 Å². The van der Waals surface area contributed by atoms with Gasteiger partial charge in [0.1, 0.15) is 0 Å². The molecule has 28 heavy (non-hydrogen) atoms. The molecule has 1 saturated heterocycles. The Bertz CT molecular complexity index is 992. The van der Waals surface area contributed by atoms with Crippen LogP contribution in [-0.2, 0) is 17.4 Å². The van der Waals surface area contributed by atoms with Crippen molar-refractivity contribution in [1.82, 2.24) is 19.5 Å². The number of fused-ring (bicyclic) bond motifs is 1. The molecule has 0 saturated carbocycles. The molecule has 0 unspecified atom stereocenters. The molecule has 1 fully saturated rings. The van der Waals surface area contributed by atoms with Crippen molar-refractivity contribution in [3.63, 3.8) is 0 Å². The number of anilines is 1. The first-order valence-corrected chi connectivity index (χ1v) is 8.90. The summed E-state index contributed by atoms with van der Waals surface area (Å²) < 4.78 is 40.4. The van der Waals surface area contributed by atoms with Crippen LogP contribution < -0.4 is 4.90 Å². The molecule has 1 aliphatic rings. The van der Waals surface area contributed by atoms with Gasteiger partial charge in [-0.1, -0.05) is 24.3 Å². The van der Waals surface area contributed by atoms with E-state index in [1.807, 2.05) is 33.7 Å². The first-order chi connectivity index (χ1) is 13.4. The second kappa shape index (κ2) is 7.14. The van der Waals surface area contributed by atoms with E-state index >= 15 is 0 Å². The zero-order chi connectivity index (χ0) is 19.7. The number of aromatic nitrogens is 3. The summed E-state index contributed by atoms with van der Waals surface area (Å²) in [5, 5.41) is 8.35. The molecule has 0 radical (unpaired) electrons. The maximum Gasteiger partial charge on any atom is 0.416 e. The fourth-order valence-electron chi connectivity index (χ4n) is 3.34. The van der Waals surface area contributed by atoms with Crippen molar-refractivity contribution >= 4 is 17.5 Å². The van der Waals surface area contributed by atoms with Crippen LogP contribution in [0.5, 0.6) is 0 Å². The zero-order valence-electron chi connectivity index (χ0n) is 14.9. The molecule has 9 heteroatoms. The predicted octanol–water partition coefficient (Wildman–Crippen LogP) is 2.64. The standard InChI is InChI=1S/C19H18F3N5O/c20-19(21,22)15-5-3-4-14(12-15)13-17(28)25-8-10-26(11-9-25)18-24-23-16-6-1-2-7-27(16)18/h1-7,12H,8-11,13H2. The smallest absolute Gasteiger partial charge is 0.339 e. The number of nitrogens with zero attached hydrogens (tertiary/aromatic N) is 5. The fraction of sp³-hybridized carbons (Fsp3) is 0.316. The third-order valence-electron chi connectivity index (χ3n) is 4.82. The Kier molecular flexibility index (Phi) is 4.66. The minimum Gasteiger partial charge on any atom is -0.339 e. The molecule has 2 aromatic heterocycles. The molecule has 0 N–H and O–H groups in total. The molecule has 3 aromatic rings. The van der Waals surface area contributed by atoms with E-state index < -0.39 is 11.7 Å². The number of hydrogen-bond donors (Lipinski definition) is 0. The van der Waals surface area contributed by atoms with E-state index in [4.69, 9.17) is 0 Å². The first kappa shape index (κ1) is 18.3. The van der Waals surface area contributed by atoms with Gasteiger partial charge in [-0.2, -0.15) is 13.2 Å². The van der Waals surface area contributed by atoms with E-state index in [-0.39, 0.29) is 12.3 Å². The summed E-state index contributed by atoms with van der Waals surface area (Å²) in [6, 6.07) is 10.6. The number of amides is 1. The van der Waals surface area contributed by atoms with E-state index in [2.05, 4.69) is 10.2 Å². The predicted molar refractivity (Wildman–Crippen MR) is 96.9 cm³/mol. The van der Waals surface area contributed by atoms with Crippen LogP contribution in [-0.4, -0.2) is 51.6 Å². The highest BCUT2D eigenvalue weighted by atomic mass is 19.4.